The number of imidazole rings is 1. The van der Waals surface area contributed by atoms with Gasteiger partial charge in [-0.25, -0.2) is 9.97 Å². The average Bonchev–Trinajstić information content (AvgIpc) is 3.08. The minimum Gasteiger partial charge on any atom is -0.337 e. The summed E-state index contributed by atoms with van der Waals surface area (Å²) in [5, 5.41) is 0. The Balaban J connectivity index is 1.59. The highest BCUT2D eigenvalue weighted by Crippen LogP contribution is 2.27. The van der Waals surface area contributed by atoms with Gasteiger partial charge in [0, 0.05) is 41.9 Å². The first kappa shape index (κ1) is 18.7. The molecule has 3 aromatic rings. The number of rotatable bonds is 4. The largest absolute Gasteiger partial charge is 0.337 e. The number of aryl methyl sites for hydroxylation is 1. The minimum atomic E-state index is -0.177. The van der Waals surface area contributed by atoms with E-state index >= 15 is 0 Å². The van der Waals surface area contributed by atoms with Crippen molar-refractivity contribution in [3.05, 3.63) is 59.7 Å². The normalized spacial score (nSPS) is 17.1. The van der Waals surface area contributed by atoms with E-state index in [9.17, 15) is 9.59 Å². The molecular formula is C21H22N4O2S. The molecule has 0 bridgehead atoms. The third-order valence-electron chi connectivity index (χ3n) is 5.23. The predicted octanol–water partition coefficient (Wildman–Crippen LogP) is 3.49. The van der Waals surface area contributed by atoms with Gasteiger partial charge in [0.1, 0.15) is 5.69 Å². The molecule has 3 heterocycles. The molecule has 6 nitrogen and oxygen atoms in total. The van der Waals surface area contributed by atoms with Crippen molar-refractivity contribution in [2.75, 3.05) is 19.3 Å². The summed E-state index contributed by atoms with van der Waals surface area (Å²) in [7, 11) is 0. The Morgan fingerprint density at radius 1 is 1.21 bits per heavy atom. The number of hydrogen-bond acceptors (Lipinski definition) is 5. The second-order valence-electron chi connectivity index (χ2n) is 6.99. The van der Waals surface area contributed by atoms with Crippen molar-refractivity contribution in [1.29, 1.82) is 0 Å². The molecule has 0 unspecified atom stereocenters. The Morgan fingerprint density at radius 2 is 2.04 bits per heavy atom. The summed E-state index contributed by atoms with van der Waals surface area (Å²) in [5.74, 6) is 0.373. The van der Waals surface area contributed by atoms with Crippen molar-refractivity contribution >= 4 is 29.2 Å². The van der Waals surface area contributed by atoms with Gasteiger partial charge >= 0.3 is 0 Å². The summed E-state index contributed by atoms with van der Waals surface area (Å²) in [5.41, 5.74) is 1.94. The summed E-state index contributed by atoms with van der Waals surface area (Å²) in [6.45, 7) is 2.91. The van der Waals surface area contributed by atoms with Gasteiger partial charge in [-0.1, -0.05) is 18.2 Å². The van der Waals surface area contributed by atoms with E-state index < -0.39 is 0 Å². The van der Waals surface area contributed by atoms with E-state index in [0.717, 1.165) is 23.3 Å². The fraction of sp³-hybridized carbons (Fsp3) is 0.333. The van der Waals surface area contributed by atoms with E-state index in [0.29, 0.717) is 30.3 Å². The van der Waals surface area contributed by atoms with Crippen molar-refractivity contribution < 1.29 is 9.59 Å². The third-order valence-corrected chi connectivity index (χ3v) is 6.03. The SMILES string of the molecule is CSc1ccccc1C(=O)[C@@H]1CCCN(C(=O)c2c(C)nc3ncccn23)C1. The summed E-state index contributed by atoms with van der Waals surface area (Å²) >= 11 is 1.58. The number of fused-ring (bicyclic) bond motifs is 1. The molecule has 4 rings (SSSR count). The van der Waals surface area contributed by atoms with Crippen molar-refractivity contribution in [3.8, 4) is 0 Å². The molecule has 0 N–H and O–H groups in total. The summed E-state index contributed by atoms with van der Waals surface area (Å²) in [4.78, 5) is 37.8. The number of benzene rings is 1. The molecule has 2 aromatic heterocycles. The van der Waals surface area contributed by atoms with Crippen LogP contribution in [0, 0.1) is 12.8 Å². The molecule has 28 heavy (non-hydrogen) atoms. The number of thioether (sulfide) groups is 1. The fourth-order valence-corrected chi connectivity index (χ4v) is 4.45. The van der Waals surface area contributed by atoms with E-state index in [2.05, 4.69) is 9.97 Å². The highest BCUT2D eigenvalue weighted by molar-refractivity contribution is 7.98. The van der Waals surface area contributed by atoms with Crippen LogP contribution < -0.4 is 0 Å². The number of ketones is 1. The molecular weight excluding hydrogens is 372 g/mol. The van der Waals surface area contributed by atoms with E-state index in [1.165, 1.54) is 0 Å². The molecule has 144 valence electrons. The molecule has 0 spiro atoms. The van der Waals surface area contributed by atoms with Crippen molar-refractivity contribution in [2.45, 2.75) is 24.7 Å². The number of likely N-dealkylation sites (tertiary alicyclic amines) is 1. The first-order chi connectivity index (χ1) is 13.6. The number of aromatic nitrogens is 3. The first-order valence-electron chi connectivity index (χ1n) is 9.36. The smallest absolute Gasteiger partial charge is 0.272 e. The van der Waals surface area contributed by atoms with Gasteiger partial charge in [-0.15, -0.1) is 11.8 Å². The van der Waals surface area contributed by atoms with Gasteiger partial charge in [0.2, 0.25) is 5.78 Å². The van der Waals surface area contributed by atoms with Crippen LogP contribution in [-0.2, 0) is 0 Å². The molecule has 0 aliphatic carbocycles. The number of hydrogen-bond donors (Lipinski definition) is 0. The van der Waals surface area contributed by atoms with Crippen LogP contribution in [0.2, 0.25) is 0 Å². The monoisotopic (exact) mass is 394 g/mol. The topological polar surface area (TPSA) is 67.6 Å². The fourth-order valence-electron chi connectivity index (χ4n) is 3.85. The van der Waals surface area contributed by atoms with Gasteiger partial charge in [0.15, 0.2) is 5.78 Å². The van der Waals surface area contributed by atoms with Crippen LogP contribution in [0.4, 0.5) is 0 Å². The predicted molar refractivity (Wildman–Crippen MR) is 109 cm³/mol. The third kappa shape index (κ3) is 3.30. The Kier molecular flexibility index (Phi) is 5.17. The minimum absolute atomic E-state index is 0.0892. The van der Waals surface area contributed by atoms with Crippen molar-refractivity contribution in [1.82, 2.24) is 19.3 Å². The number of Topliss-reactive ketones (excluding diaryl/α,β-unsaturated/α-hetero) is 1. The molecule has 0 radical (unpaired) electrons. The number of carbonyl (C=O) groups excluding carboxylic acids is 2. The van der Waals surface area contributed by atoms with Crippen LogP contribution in [0.25, 0.3) is 5.78 Å². The van der Waals surface area contributed by atoms with Gasteiger partial charge in [0.25, 0.3) is 5.91 Å². The lowest BCUT2D eigenvalue weighted by Crippen LogP contribution is -2.43. The molecule has 0 saturated carbocycles. The summed E-state index contributed by atoms with van der Waals surface area (Å²) in [6.07, 6.45) is 7.06. The zero-order valence-electron chi connectivity index (χ0n) is 16.0. The number of piperidine rings is 1. The lowest BCUT2D eigenvalue weighted by atomic mass is 9.89. The highest BCUT2D eigenvalue weighted by Gasteiger charge is 2.32. The lowest BCUT2D eigenvalue weighted by Gasteiger charge is -2.32. The van der Waals surface area contributed by atoms with Crippen LogP contribution >= 0.6 is 11.8 Å². The molecule has 7 heteroatoms. The Morgan fingerprint density at radius 3 is 2.86 bits per heavy atom. The zero-order valence-corrected chi connectivity index (χ0v) is 16.8. The highest BCUT2D eigenvalue weighted by atomic mass is 32.2. The molecule has 1 aromatic carbocycles. The number of amides is 1. The molecule has 1 saturated heterocycles. The van der Waals surface area contributed by atoms with E-state index in [1.54, 1.807) is 39.5 Å². The van der Waals surface area contributed by atoms with Gasteiger partial charge in [-0.3, -0.25) is 14.0 Å². The van der Waals surface area contributed by atoms with Crippen LogP contribution in [-0.4, -0.2) is 50.3 Å². The van der Waals surface area contributed by atoms with Crippen LogP contribution in [0.1, 0.15) is 39.4 Å². The zero-order chi connectivity index (χ0) is 19.7. The Hall–Kier alpha value is -2.67. The summed E-state index contributed by atoms with van der Waals surface area (Å²) < 4.78 is 1.73. The van der Waals surface area contributed by atoms with Crippen molar-refractivity contribution in [2.24, 2.45) is 5.92 Å². The average molecular weight is 395 g/mol. The maximum atomic E-state index is 13.2. The van der Waals surface area contributed by atoms with E-state index in [4.69, 9.17) is 0 Å². The molecule has 1 aliphatic rings. The second-order valence-corrected chi connectivity index (χ2v) is 7.84. The quantitative estimate of drug-likeness (QED) is 0.500. The van der Waals surface area contributed by atoms with Crippen molar-refractivity contribution in [3.63, 3.8) is 0 Å². The summed E-state index contributed by atoms with van der Waals surface area (Å²) in [6, 6.07) is 9.48. The molecule has 1 aliphatic heterocycles. The number of carbonyl (C=O) groups is 2. The standard InChI is InChI=1S/C21H22N4O2S/c1-14-18(25-12-6-10-22-21(25)23-14)20(27)24-11-5-7-15(13-24)19(26)16-8-3-4-9-17(16)28-2/h3-4,6,8-10,12,15H,5,7,11,13H2,1-2H3/t15-/m1/s1. The van der Waals surface area contributed by atoms with Gasteiger partial charge in [0.05, 0.1) is 5.69 Å². The van der Waals surface area contributed by atoms with Gasteiger partial charge < -0.3 is 4.90 Å². The Bertz CT molecular complexity index is 1050. The van der Waals surface area contributed by atoms with Gasteiger partial charge in [-0.2, -0.15) is 0 Å². The van der Waals surface area contributed by atoms with Crippen LogP contribution in [0.15, 0.2) is 47.6 Å². The van der Waals surface area contributed by atoms with Crippen LogP contribution in [0.5, 0.6) is 0 Å². The molecule has 1 amide bonds. The van der Waals surface area contributed by atoms with Gasteiger partial charge in [-0.05, 0) is 38.2 Å². The lowest BCUT2D eigenvalue weighted by molar-refractivity contribution is 0.0629. The van der Waals surface area contributed by atoms with Crippen LogP contribution in [0.3, 0.4) is 0 Å². The van der Waals surface area contributed by atoms with E-state index in [1.807, 2.05) is 37.4 Å². The molecule has 1 fully saturated rings. The molecule has 1 atom stereocenters. The number of nitrogens with zero attached hydrogens (tertiary/aromatic N) is 4. The second kappa shape index (κ2) is 7.75. The maximum absolute atomic E-state index is 13.2. The van der Waals surface area contributed by atoms with E-state index in [-0.39, 0.29) is 17.6 Å². The maximum Gasteiger partial charge on any atom is 0.272 e. The first-order valence-corrected chi connectivity index (χ1v) is 10.6. The Labute approximate surface area is 168 Å².